The molecule has 0 aromatic heterocycles. The van der Waals surface area contributed by atoms with Crippen LogP contribution in [0, 0.1) is 5.92 Å². The Kier molecular flexibility index (Phi) is 4.54. The van der Waals surface area contributed by atoms with Crippen LogP contribution in [-0.4, -0.2) is 35.7 Å². The number of carbonyl (C=O) groups excluding carboxylic acids is 1. The summed E-state index contributed by atoms with van der Waals surface area (Å²) in [5, 5.41) is 0. The van der Waals surface area contributed by atoms with Gasteiger partial charge in [0.15, 0.2) is 5.79 Å². The number of rotatable bonds is 4. The molecule has 0 spiro atoms. The van der Waals surface area contributed by atoms with Crippen molar-refractivity contribution in [1.82, 2.24) is 0 Å². The minimum Gasteiger partial charge on any atom is -0.463 e. The highest BCUT2D eigenvalue weighted by Gasteiger charge is 2.50. The van der Waals surface area contributed by atoms with Crippen LogP contribution in [0.15, 0.2) is 0 Å². The second-order valence-electron chi connectivity index (χ2n) is 4.50. The minimum atomic E-state index is -2.25. The molecular formula is C11H18BrFO4. The molecule has 3 atom stereocenters. The van der Waals surface area contributed by atoms with Gasteiger partial charge in [0.25, 0.3) is 4.58 Å². The smallest absolute Gasteiger partial charge is 0.355 e. The Hall–Kier alpha value is -0.200. The molecule has 0 unspecified atom stereocenters. The Morgan fingerprint density at radius 3 is 2.71 bits per heavy atom. The summed E-state index contributed by atoms with van der Waals surface area (Å²) in [4.78, 5) is 11.5. The molecule has 0 bridgehead atoms. The average molecular weight is 313 g/mol. The fourth-order valence-corrected chi connectivity index (χ4v) is 2.02. The molecule has 0 aromatic carbocycles. The number of carbonyl (C=O) groups is 1. The monoisotopic (exact) mass is 312 g/mol. The third kappa shape index (κ3) is 3.39. The molecule has 100 valence electrons. The Morgan fingerprint density at radius 1 is 1.71 bits per heavy atom. The number of esters is 1. The van der Waals surface area contributed by atoms with E-state index in [1.165, 1.54) is 0 Å². The number of ether oxygens (including phenoxy) is 3. The maximum absolute atomic E-state index is 14.3. The van der Waals surface area contributed by atoms with Gasteiger partial charge in [0.05, 0.1) is 19.3 Å². The molecule has 1 rings (SSSR count). The molecule has 1 saturated heterocycles. The first-order valence-electron chi connectivity index (χ1n) is 5.57. The molecule has 1 fully saturated rings. The van der Waals surface area contributed by atoms with E-state index >= 15 is 0 Å². The van der Waals surface area contributed by atoms with Crippen molar-refractivity contribution in [2.75, 3.05) is 13.2 Å². The maximum atomic E-state index is 14.3. The van der Waals surface area contributed by atoms with Crippen molar-refractivity contribution in [2.24, 2.45) is 5.92 Å². The largest absolute Gasteiger partial charge is 0.463 e. The van der Waals surface area contributed by atoms with Crippen LogP contribution in [0.25, 0.3) is 0 Å². The first kappa shape index (κ1) is 14.9. The predicted octanol–water partition coefficient (Wildman–Crippen LogP) is 2.40. The van der Waals surface area contributed by atoms with Gasteiger partial charge in [-0.15, -0.1) is 0 Å². The fraction of sp³-hybridized carbons (Fsp3) is 0.909. The lowest BCUT2D eigenvalue weighted by Gasteiger charge is -2.28. The van der Waals surface area contributed by atoms with E-state index in [9.17, 15) is 9.18 Å². The lowest BCUT2D eigenvalue weighted by molar-refractivity contribution is -0.163. The quantitative estimate of drug-likeness (QED) is 0.590. The van der Waals surface area contributed by atoms with E-state index in [1.54, 1.807) is 27.7 Å². The normalized spacial score (nSPS) is 28.5. The van der Waals surface area contributed by atoms with Gasteiger partial charge in [-0.05, 0) is 36.7 Å². The summed E-state index contributed by atoms with van der Waals surface area (Å²) in [6.45, 7) is 7.10. The van der Waals surface area contributed by atoms with Crippen LogP contribution >= 0.6 is 15.9 Å². The van der Waals surface area contributed by atoms with Gasteiger partial charge in [-0.2, -0.15) is 0 Å². The van der Waals surface area contributed by atoms with Crippen molar-refractivity contribution in [2.45, 2.75) is 44.2 Å². The fourth-order valence-electron chi connectivity index (χ4n) is 1.61. The van der Waals surface area contributed by atoms with Gasteiger partial charge in [0.2, 0.25) is 0 Å². The highest BCUT2D eigenvalue weighted by atomic mass is 79.9. The Bertz CT molecular complexity index is 293. The highest BCUT2D eigenvalue weighted by molar-refractivity contribution is 9.10. The molecule has 0 aliphatic carbocycles. The Balaban J connectivity index is 2.69. The SMILES string of the molecule is CCOC(=O)[C@@](F)(Br)[C@H](C)[C@H]1COC(C)(C)O1. The lowest BCUT2D eigenvalue weighted by Crippen LogP contribution is -2.43. The summed E-state index contributed by atoms with van der Waals surface area (Å²) >= 11 is 2.78. The summed E-state index contributed by atoms with van der Waals surface area (Å²) in [5.74, 6) is -2.37. The average Bonchev–Trinajstić information content (AvgIpc) is 2.58. The summed E-state index contributed by atoms with van der Waals surface area (Å²) in [6, 6.07) is 0. The van der Waals surface area contributed by atoms with Crippen molar-refractivity contribution < 1.29 is 23.4 Å². The first-order chi connectivity index (χ1) is 7.70. The maximum Gasteiger partial charge on any atom is 0.355 e. The zero-order valence-electron chi connectivity index (χ0n) is 10.5. The van der Waals surface area contributed by atoms with E-state index in [1.807, 2.05) is 0 Å². The van der Waals surface area contributed by atoms with E-state index in [-0.39, 0.29) is 13.2 Å². The molecule has 0 amide bonds. The third-order valence-corrected chi connectivity index (χ3v) is 3.75. The van der Waals surface area contributed by atoms with E-state index < -0.39 is 28.4 Å². The number of alkyl halides is 2. The molecule has 1 aliphatic heterocycles. The van der Waals surface area contributed by atoms with Gasteiger partial charge in [-0.3, -0.25) is 0 Å². The van der Waals surface area contributed by atoms with E-state index in [4.69, 9.17) is 9.47 Å². The molecule has 0 radical (unpaired) electrons. The number of hydrogen-bond acceptors (Lipinski definition) is 4. The summed E-state index contributed by atoms with van der Waals surface area (Å²) in [6.07, 6.45) is -0.487. The zero-order chi connectivity index (χ0) is 13.3. The van der Waals surface area contributed by atoms with Crippen LogP contribution in [0.5, 0.6) is 0 Å². The topological polar surface area (TPSA) is 44.8 Å². The Labute approximate surface area is 109 Å². The molecule has 4 nitrogen and oxygen atoms in total. The molecule has 1 aliphatic rings. The van der Waals surface area contributed by atoms with Gasteiger partial charge in [0, 0.05) is 5.92 Å². The minimum absolute atomic E-state index is 0.135. The first-order valence-corrected chi connectivity index (χ1v) is 6.37. The molecule has 17 heavy (non-hydrogen) atoms. The molecule has 1 heterocycles. The van der Waals surface area contributed by atoms with Gasteiger partial charge in [-0.25, -0.2) is 9.18 Å². The molecular weight excluding hydrogens is 295 g/mol. The van der Waals surface area contributed by atoms with Gasteiger partial charge in [-0.1, -0.05) is 6.92 Å². The van der Waals surface area contributed by atoms with Crippen LogP contribution in [0.3, 0.4) is 0 Å². The van der Waals surface area contributed by atoms with Gasteiger partial charge >= 0.3 is 5.97 Å². The molecule has 0 aromatic rings. The highest BCUT2D eigenvalue weighted by Crippen LogP contribution is 2.38. The molecule has 0 saturated carbocycles. The lowest BCUT2D eigenvalue weighted by atomic mass is 9.99. The Morgan fingerprint density at radius 2 is 2.29 bits per heavy atom. The second kappa shape index (κ2) is 5.20. The standard InChI is InChI=1S/C11H18BrFO4/c1-5-15-9(14)11(12,13)7(2)8-6-16-10(3,4)17-8/h7-8H,5-6H2,1-4H3/t7-,8-,11-/m1/s1. The number of halogens is 2. The summed E-state index contributed by atoms with van der Waals surface area (Å²) in [5.41, 5.74) is 0. The van der Waals surface area contributed by atoms with Crippen molar-refractivity contribution in [3.63, 3.8) is 0 Å². The van der Waals surface area contributed by atoms with Crippen molar-refractivity contribution in [1.29, 1.82) is 0 Å². The van der Waals surface area contributed by atoms with Gasteiger partial charge < -0.3 is 14.2 Å². The van der Waals surface area contributed by atoms with Gasteiger partial charge in [0.1, 0.15) is 0 Å². The zero-order valence-corrected chi connectivity index (χ0v) is 12.0. The van der Waals surface area contributed by atoms with Crippen LogP contribution in [-0.2, 0) is 19.0 Å². The molecule has 0 N–H and O–H groups in total. The van der Waals surface area contributed by atoms with E-state index in [0.29, 0.717) is 0 Å². The van der Waals surface area contributed by atoms with E-state index in [2.05, 4.69) is 20.7 Å². The number of hydrogen-bond donors (Lipinski definition) is 0. The van der Waals surface area contributed by atoms with Crippen molar-refractivity contribution in [3.05, 3.63) is 0 Å². The summed E-state index contributed by atoms with van der Waals surface area (Å²) in [7, 11) is 0. The van der Waals surface area contributed by atoms with E-state index in [0.717, 1.165) is 0 Å². The van der Waals surface area contributed by atoms with Crippen LogP contribution < -0.4 is 0 Å². The van der Waals surface area contributed by atoms with Crippen LogP contribution in [0.4, 0.5) is 4.39 Å². The van der Waals surface area contributed by atoms with Crippen LogP contribution in [0.1, 0.15) is 27.7 Å². The predicted molar refractivity (Wildman–Crippen MR) is 63.5 cm³/mol. The summed E-state index contributed by atoms with van der Waals surface area (Å²) < 4.78 is 27.6. The van der Waals surface area contributed by atoms with Crippen LogP contribution in [0.2, 0.25) is 0 Å². The third-order valence-electron chi connectivity index (χ3n) is 2.71. The molecule has 6 heteroatoms. The van der Waals surface area contributed by atoms with Crippen molar-refractivity contribution in [3.8, 4) is 0 Å². The van der Waals surface area contributed by atoms with Crippen molar-refractivity contribution >= 4 is 21.9 Å². The second-order valence-corrected chi connectivity index (χ2v) is 5.65.